The summed E-state index contributed by atoms with van der Waals surface area (Å²) >= 11 is 0. The van der Waals surface area contributed by atoms with Gasteiger partial charge in [-0.2, -0.15) is 0 Å². The molecule has 1 saturated carbocycles. The van der Waals surface area contributed by atoms with Gasteiger partial charge in [-0.1, -0.05) is 12.1 Å². The first-order chi connectivity index (χ1) is 10.6. The van der Waals surface area contributed by atoms with E-state index in [1.54, 1.807) is 11.0 Å². The van der Waals surface area contributed by atoms with Crippen LogP contribution in [0.3, 0.4) is 0 Å². The fourth-order valence-corrected chi connectivity index (χ4v) is 2.95. The van der Waals surface area contributed by atoms with Crippen LogP contribution in [0.1, 0.15) is 42.5 Å². The quantitative estimate of drug-likeness (QED) is 0.928. The number of carboxylic acid groups (broad SMARTS) is 1. The largest absolute Gasteiger partial charge is 0.490 e. The molecule has 3 rings (SSSR count). The smallest absolute Gasteiger partial charge is 0.308 e. The van der Waals surface area contributed by atoms with Crippen molar-refractivity contribution in [3.63, 3.8) is 0 Å². The average Bonchev–Trinajstić information content (AvgIpc) is 2.50. The van der Waals surface area contributed by atoms with E-state index in [2.05, 4.69) is 0 Å². The van der Waals surface area contributed by atoms with Gasteiger partial charge in [0.2, 0.25) is 0 Å². The van der Waals surface area contributed by atoms with Crippen molar-refractivity contribution in [2.45, 2.75) is 38.2 Å². The third kappa shape index (κ3) is 3.08. The second-order valence-corrected chi connectivity index (χ2v) is 6.10. The van der Waals surface area contributed by atoms with Crippen molar-refractivity contribution >= 4 is 11.9 Å². The van der Waals surface area contributed by atoms with E-state index in [1.165, 1.54) is 6.42 Å². The number of benzene rings is 1. The van der Waals surface area contributed by atoms with Gasteiger partial charge in [-0.15, -0.1) is 0 Å². The van der Waals surface area contributed by atoms with Gasteiger partial charge in [0.25, 0.3) is 5.91 Å². The Kier molecular flexibility index (Phi) is 4.32. The summed E-state index contributed by atoms with van der Waals surface area (Å²) in [6.07, 6.45) is 4.82. The van der Waals surface area contributed by atoms with E-state index in [9.17, 15) is 9.59 Å². The zero-order valence-corrected chi connectivity index (χ0v) is 12.5. The number of ether oxygens (including phenoxy) is 1. The molecular formula is C17H21NO4. The van der Waals surface area contributed by atoms with Crippen LogP contribution in [0.5, 0.6) is 5.75 Å². The lowest BCUT2D eigenvalue weighted by Crippen LogP contribution is -2.42. The first kappa shape index (κ1) is 14.9. The number of para-hydroxylation sites is 1. The topological polar surface area (TPSA) is 66.8 Å². The molecule has 1 atom stereocenters. The predicted octanol–water partition coefficient (Wildman–Crippen LogP) is 2.55. The van der Waals surface area contributed by atoms with Crippen molar-refractivity contribution in [2.75, 3.05) is 13.1 Å². The van der Waals surface area contributed by atoms with Crippen LogP contribution in [0.25, 0.3) is 0 Å². The highest BCUT2D eigenvalue weighted by atomic mass is 16.5. The molecule has 1 saturated heterocycles. The van der Waals surface area contributed by atoms with Gasteiger partial charge >= 0.3 is 5.97 Å². The number of rotatable bonds is 4. The van der Waals surface area contributed by atoms with E-state index in [0.29, 0.717) is 24.3 Å². The minimum absolute atomic E-state index is 0.124. The number of aliphatic carboxylic acids is 1. The average molecular weight is 303 g/mol. The van der Waals surface area contributed by atoms with Gasteiger partial charge in [-0.3, -0.25) is 9.59 Å². The van der Waals surface area contributed by atoms with Crippen molar-refractivity contribution in [1.29, 1.82) is 0 Å². The Balaban J connectivity index is 1.75. The molecule has 1 amide bonds. The number of carbonyl (C=O) groups is 2. The van der Waals surface area contributed by atoms with Crippen LogP contribution in [-0.4, -0.2) is 41.1 Å². The Morgan fingerprint density at radius 3 is 2.59 bits per heavy atom. The lowest BCUT2D eigenvalue weighted by molar-refractivity contribution is -0.143. The molecule has 1 N–H and O–H groups in total. The summed E-state index contributed by atoms with van der Waals surface area (Å²) in [5.41, 5.74) is 0.542. The summed E-state index contributed by atoms with van der Waals surface area (Å²) in [6.45, 7) is 0.895. The highest BCUT2D eigenvalue weighted by molar-refractivity contribution is 5.97. The van der Waals surface area contributed by atoms with E-state index in [0.717, 1.165) is 19.3 Å². The van der Waals surface area contributed by atoms with Crippen LogP contribution in [0, 0.1) is 5.92 Å². The lowest BCUT2D eigenvalue weighted by Gasteiger charge is -2.32. The van der Waals surface area contributed by atoms with Gasteiger partial charge in [0.1, 0.15) is 5.75 Å². The Bertz CT molecular complexity index is 568. The van der Waals surface area contributed by atoms with Gasteiger partial charge < -0.3 is 14.7 Å². The number of nitrogens with zero attached hydrogens (tertiary/aromatic N) is 1. The van der Waals surface area contributed by atoms with Gasteiger partial charge in [0, 0.05) is 13.1 Å². The zero-order chi connectivity index (χ0) is 15.5. The SMILES string of the molecule is O=C(O)C1CCCN(C(=O)c2ccccc2OC2CCC2)C1. The van der Waals surface area contributed by atoms with E-state index >= 15 is 0 Å². The number of hydrogen-bond acceptors (Lipinski definition) is 3. The monoisotopic (exact) mass is 303 g/mol. The maximum Gasteiger partial charge on any atom is 0.308 e. The van der Waals surface area contributed by atoms with Gasteiger partial charge in [0.15, 0.2) is 0 Å². The molecule has 0 bridgehead atoms. The molecule has 1 aromatic rings. The molecule has 0 radical (unpaired) electrons. The summed E-state index contributed by atoms with van der Waals surface area (Å²) in [5.74, 6) is -0.788. The molecule has 2 aliphatic rings. The van der Waals surface area contributed by atoms with E-state index in [-0.39, 0.29) is 18.6 Å². The molecule has 1 aliphatic heterocycles. The Morgan fingerprint density at radius 1 is 1.14 bits per heavy atom. The zero-order valence-electron chi connectivity index (χ0n) is 12.5. The minimum Gasteiger partial charge on any atom is -0.490 e. The van der Waals surface area contributed by atoms with Crippen molar-refractivity contribution in [1.82, 2.24) is 4.90 Å². The van der Waals surface area contributed by atoms with Crippen LogP contribution < -0.4 is 4.74 Å². The van der Waals surface area contributed by atoms with Crippen LogP contribution in [0.15, 0.2) is 24.3 Å². The van der Waals surface area contributed by atoms with Crippen molar-refractivity contribution in [3.8, 4) is 5.75 Å². The molecule has 1 aliphatic carbocycles. The number of carbonyl (C=O) groups excluding carboxylic acids is 1. The fraction of sp³-hybridized carbons (Fsp3) is 0.529. The normalized spacial score (nSPS) is 22.0. The van der Waals surface area contributed by atoms with E-state index < -0.39 is 11.9 Å². The van der Waals surface area contributed by atoms with E-state index in [1.807, 2.05) is 18.2 Å². The first-order valence-electron chi connectivity index (χ1n) is 7.93. The summed E-state index contributed by atoms with van der Waals surface area (Å²) in [4.78, 5) is 25.5. The fourth-order valence-electron chi connectivity index (χ4n) is 2.95. The summed E-state index contributed by atoms with van der Waals surface area (Å²) in [6, 6.07) is 7.27. The standard InChI is InChI=1S/C17H21NO4/c19-16(18-10-4-5-12(11-18)17(20)21)14-8-1-2-9-15(14)22-13-6-3-7-13/h1-2,8-9,12-13H,3-7,10-11H2,(H,20,21). The van der Waals surface area contributed by atoms with Crippen molar-refractivity contribution < 1.29 is 19.4 Å². The molecule has 118 valence electrons. The Morgan fingerprint density at radius 2 is 1.91 bits per heavy atom. The maximum atomic E-state index is 12.7. The number of likely N-dealkylation sites (tertiary alicyclic amines) is 1. The minimum atomic E-state index is -0.823. The molecule has 2 fully saturated rings. The molecule has 0 aromatic heterocycles. The Hall–Kier alpha value is -2.04. The second-order valence-electron chi connectivity index (χ2n) is 6.10. The van der Waals surface area contributed by atoms with Crippen LogP contribution >= 0.6 is 0 Å². The number of hydrogen-bond donors (Lipinski definition) is 1. The van der Waals surface area contributed by atoms with E-state index in [4.69, 9.17) is 9.84 Å². The van der Waals surface area contributed by atoms with Crippen LogP contribution in [0.4, 0.5) is 0 Å². The molecule has 5 heteroatoms. The number of piperidine rings is 1. The van der Waals surface area contributed by atoms with Crippen molar-refractivity contribution in [3.05, 3.63) is 29.8 Å². The molecule has 1 aromatic carbocycles. The molecule has 1 heterocycles. The first-order valence-corrected chi connectivity index (χ1v) is 7.93. The lowest BCUT2D eigenvalue weighted by atomic mass is 9.96. The third-order valence-corrected chi connectivity index (χ3v) is 4.52. The van der Waals surface area contributed by atoms with Gasteiger partial charge in [-0.05, 0) is 44.2 Å². The second kappa shape index (κ2) is 6.38. The molecule has 0 spiro atoms. The van der Waals surface area contributed by atoms with Crippen molar-refractivity contribution in [2.24, 2.45) is 5.92 Å². The number of amides is 1. The van der Waals surface area contributed by atoms with Crippen LogP contribution in [-0.2, 0) is 4.79 Å². The van der Waals surface area contributed by atoms with Gasteiger partial charge in [-0.25, -0.2) is 0 Å². The molecule has 5 nitrogen and oxygen atoms in total. The molecule has 22 heavy (non-hydrogen) atoms. The summed E-state index contributed by atoms with van der Waals surface area (Å²) in [7, 11) is 0. The highest BCUT2D eigenvalue weighted by Gasteiger charge is 2.30. The molecular weight excluding hydrogens is 282 g/mol. The van der Waals surface area contributed by atoms with Crippen LogP contribution in [0.2, 0.25) is 0 Å². The number of carboxylic acids is 1. The summed E-state index contributed by atoms with van der Waals surface area (Å²) in [5, 5.41) is 9.16. The predicted molar refractivity (Wildman–Crippen MR) is 81.0 cm³/mol. The third-order valence-electron chi connectivity index (χ3n) is 4.52. The molecule has 1 unspecified atom stereocenters. The highest BCUT2D eigenvalue weighted by Crippen LogP contribution is 2.29. The summed E-state index contributed by atoms with van der Waals surface area (Å²) < 4.78 is 5.90. The maximum absolute atomic E-state index is 12.7. The van der Waals surface area contributed by atoms with Gasteiger partial charge in [0.05, 0.1) is 17.6 Å². The Labute approximate surface area is 129 Å².